The van der Waals surface area contributed by atoms with Crippen molar-refractivity contribution in [3.05, 3.63) is 77.2 Å². The number of rotatable bonds is 3. The van der Waals surface area contributed by atoms with Gasteiger partial charge in [-0.3, -0.25) is 10.8 Å². The standard InChI is InChI=1S/C17H16FN3/c1-11-4-6-14(18)10-15(11)17(21-19)13-5-7-16-12(9-13)3-2-8-20-16/h2-10,17,21H,19H2,1H3. The van der Waals surface area contributed by atoms with Crippen molar-refractivity contribution in [3.8, 4) is 0 Å². The number of nitrogens with zero attached hydrogens (tertiary/aromatic N) is 1. The van der Waals surface area contributed by atoms with E-state index >= 15 is 0 Å². The van der Waals surface area contributed by atoms with Gasteiger partial charge in [-0.05, 0) is 53.9 Å². The topological polar surface area (TPSA) is 50.9 Å². The Balaban J connectivity index is 2.11. The van der Waals surface area contributed by atoms with Crippen LogP contribution in [0.3, 0.4) is 0 Å². The van der Waals surface area contributed by atoms with Gasteiger partial charge in [-0.1, -0.05) is 18.2 Å². The van der Waals surface area contributed by atoms with Crippen molar-refractivity contribution < 1.29 is 4.39 Å². The Morgan fingerprint density at radius 3 is 2.81 bits per heavy atom. The minimum Gasteiger partial charge on any atom is -0.271 e. The maximum Gasteiger partial charge on any atom is 0.123 e. The molecule has 2 aromatic carbocycles. The summed E-state index contributed by atoms with van der Waals surface area (Å²) < 4.78 is 13.5. The summed E-state index contributed by atoms with van der Waals surface area (Å²) in [5.74, 6) is 5.45. The van der Waals surface area contributed by atoms with E-state index in [1.807, 2.05) is 37.3 Å². The van der Waals surface area contributed by atoms with Crippen LogP contribution in [0, 0.1) is 12.7 Å². The molecule has 1 unspecified atom stereocenters. The van der Waals surface area contributed by atoms with Crippen molar-refractivity contribution in [2.45, 2.75) is 13.0 Å². The largest absolute Gasteiger partial charge is 0.271 e. The van der Waals surface area contributed by atoms with Crippen LogP contribution >= 0.6 is 0 Å². The summed E-state index contributed by atoms with van der Waals surface area (Å²) in [5.41, 5.74) is 6.51. The molecule has 0 saturated heterocycles. The molecule has 0 aliphatic carbocycles. The third-order valence-corrected chi connectivity index (χ3v) is 3.68. The number of benzene rings is 2. The molecule has 1 heterocycles. The number of hydrogen-bond acceptors (Lipinski definition) is 3. The average Bonchev–Trinajstić information content (AvgIpc) is 2.51. The molecule has 4 heteroatoms. The van der Waals surface area contributed by atoms with Gasteiger partial charge in [0.2, 0.25) is 0 Å². The molecule has 0 radical (unpaired) electrons. The lowest BCUT2D eigenvalue weighted by Gasteiger charge is -2.19. The number of hydrazine groups is 1. The highest BCUT2D eigenvalue weighted by atomic mass is 19.1. The summed E-state index contributed by atoms with van der Waals surface area (Å²) >= 11 is 0. The molecule has 3 N–H and O–H groups in total. The highest BCUT2D eigenvalue weighted by Crippen LogP contribution is 2.27. The minimum absolute atomic E-state index is 0.259. The van der Waals surface area contributed by atoms with Gasteiger partial charge in [-0.15, -0.1) is 0 Å². The fourth-order valence-electron chi connectivity index (χ4n) is 2.56. The van der Waals surface area contributed by atoms with E-state index < -0.39 is 0 Å². The van der Waals surface area contributed by atoms with Gasteiger partial charge in [0.05, 0.1) is 11.6 Å². The Kier molecular flexibility index (Phi) is 3.64. The molecule has 0 aliphatic heterocycles. The highest BCUT2D eigenvalue weighted by molar-refractivity contribution is 5.79. The normalized spacial score (nSPS) is 12.5. The van der Waals surface area contributed by atoms with Gasteiger partial charge in [0.15, 0.2) is 0 Å². The van der Waals surface area contributed by atoms with E-state index in [-0.39, 0.29) is 11.9 Å². The van der Waals surface area contributed by atoms with Crippen molar-refractivity contribution in [1.29, 1.82) is 0 Å². The van der Waals surface area contributed by atoms with E-state index in [1.54, 1.807) is 12.3 Å². The van der Waals surface area contributed by atoms with Crippen molar-refractivity contribution in [2.75, 3.05) is 0 Å². The lowest BCUT2D eigenvalue weighted by molar-refractivity contribution is 0.603. The molecule has 1 aromatic heterocycles. The van der Waals surface area contributed by atoms with Gasteiger partial charge in [-0.25, -0.2) is 9.82 Å². The Bertz CT molecular complexity index is 786. The molecule has 0 saturated carbocycles. The fraction of sp³-hybridized carbons (Fsp3) is 0.118. The summed E-state index contributed by atoms with van der Waals surface area (Å²) in [4.78, 5) is 4.30. The molecule has 106 valence electrons. The predicted molar refractivity (Wildman–Crippen MR) is 82.0 cm³/mol. The first-order valence-electron chi connectivity index (χ1n) is 6.76. The zero-order valence-corrected chi connectivity index (χ0v) is 11.7. The summed E-state index contributed by atoms with van der Waals surface area (Å²) in [6.07, 6.45) is 1.76. The van der Waals surface area contributed by atoms with Crippen LogP contribution in [0.15, 0.2) is 54.7 Å². The molecule has 0 aliphatic rings. The molecular weight excluding hydrogens is 265 g/mol. The molecule has 0 amide bonds. The van der Waals surface area contributed by atoms with E-state index in [1.165, 1.54) is 12.1 Å². The quantitative estimate of drug-likeness (QED) is 0.572. The smallest absolute Gasteiger partial charge is 0.123 e. The minimum atomic E-state index is -0.265. The van der Waals surface area contributed by atoms with Gasteiger partial charge in [-0.2, -0.15) is 0 Å². The Labute approximate surface area is 122 Å². The summed E-state index contributed by atoms with van der Waals surface area (Å²) in [6.45, 7) is 1.95. The van der Waals surface area contributed by atoms with Crippen molar-refractivity contribution in [3.63, 3.8) is 0 Å². The van der Waals surface area contributed by atoms with Gasteiger partial charge >= 0.3 is 0 Å². The van der Waals surface area contributed by atoms with Crippen LogP contribution in [-0.2, 0) is 0 Å². The molecule has 0 spiro atoms. The lowest BCUT2D eigenvalue weighted by Crippen LogP contribution is -2.29. The first-order valence-corrected chi connectivity index (χ1v) is 6.76. The van der Waals surface area contributed by atoms with Crippen molar-refractivity contribution in [2.24, 2.45) is 5.84 Å². The fourth-order valence-corrected chi connectivity index (χ4v) is 2.56. The number of aromatic nitrogens is 1. The number of halogens is 1. The molecule has 0 bridgehead atoms. The second kappa shape index (κ2) is 5.60. The number of aryl methyl sites for hydroxylation is 1. The maximum atomic E-state index is 13.5. The number of fused-ring (bicyclic) bond motifs is 1. The Hall–Kier alpha value is -2.30. The number of hydrogen-bond donors (Lipinski definition) is 2. The summed E-state index contributed by atoms with van der Waals surface area (Å²) in [5, 5.41) is 1.03. The first-order chi connectivity index (χ1) is 10.2. The molecule has 3 aromatic rings. The third kappa shape index (κ3) is 2.63. The molecule has 1 atom stereocenters. The van der Waals surface area contributed by atoms with E-state index in [2.05, 4.69) is 10.4 Å². The zero-order chi connectivity index (χ0) is 14.8. The van der Waals surface area contributed by atoms with Crippen LogP contribution in [0.4, 0.5) is 4.39 Å². The van der Waals surface area contributed by atoms with Gasteiger partial charge in [0.1, 0.15) is 5.82 Å². The van der Waals surface area contributed by atoms with Crippen LogP contribution < -0.4 is 11.3 Å². The van der Waals surface area contributed by atoms with Crippen LogP contribution in [0.25, 0.3) is 10.9 Å². The molecule has 21 heavy (non-hydrogen) atoms. The second-order valence-corrected chi connectivity index (χ2v) is 5.06. The van der Waals surface area contributed by atoms with Crippen LogP contribution in [0.5, 0.6) is 0 Å². The number of nitrogens with one attached hydrogen (secondary N) is 1. The third-order valence-electron chi connectivity index (χ3n) is 3.68. The number of pyridine rings is 1. The van der Waals surface area contributed by atoms with E-state index in [9.17, 15) is 4.39 Å². The first kappa shape index (κ1) is 13.7. The van der Waals surface area contributed by atoms with E-state index in [4.69, 9.17) is 5.84 Å². The van der Waals surface area contributed by atoms with E-state index in [0.29, 0.717) is 0 Å². The maximum absolute atomic E-state index is 13.5. The predicted octanol–water partition coefficient (Wildman–Crippen LogP) is 3.24. The van der Waals surface area contributed by atoms with Gasteiger partial charge < -0.3 is 0 Å². The van der Waals surface area contributed by atoms with E-state index in [0.717, 1.165) is 27.6 Å². The van der Waals surface area contributed by atoms with Crippen LogP contribution in [0.1, 0.15) is 22.7 Å². The monoisotopic (exact) mass is 281 g/mol. The molecule has 0 fully saturated rings. The number of nitrogens with two attached hydrogens (primary N) is 1. The summed E-state index contributed by atoms with van der Waals surface area (Å²) in [7, 11) is 0. The zero-order valence-electron chi connectivity index (χ0n) is 11.7. The van der Waals surface area contributed by atoms with Gasteiger partial charge in [0.25, 0.3) is 0 Å². The highest BCUT2D eigenvalue weighted by Gasteiger charge is 2.16. The van der Waals surface area contributed by atoms with Crippen molar-refractivity contribution >= 4 is 10.9 Å². The SMILES string of the molecule is Cc1ccc(F)cc1C(NN)c1ccc2ncccc2c1. The second-order valence-electron chi connectivity index (χ2n) is 5.06. The van der Waals surface area contributed by atoms with Crippen LogP contribution in [0.2, 0.25) is 0 Å². The molecular formula is C17H16FN3. The Morgan fingerprint density at radius 2 is 2.00 bits per heavy atom. The molecule has 3 nitrogen and oxygen atoms in total. The Morgan fingerprint density at radius 1 is 1.14 bits per heavy atom. The molecule has 3 rings (SSSR count). The van der Waals surface area contributed by atoms with Crippen molar-refractivity contribution in [1.82, 2.24) is 10.4 Å². The van der Waals surface area contributed by atoms with Gasteiger partial charge in [0, 0.05) is 11.6 Å². The average molecular weight is 281 g/mol. The van der Waals surface area contributed by atoms with Crippen LogP contribution in [-0.4, -0.2) is 4.98 Å². The lowest BCUT2D eigenvalue weighted by atomic mass is 9.94. The summed E-state index contributed by atoms with van der Waals surface area (Å²) in [6, 6.07) is 14.3.